The van der Waals surface area contributed by atoms with Crippen LogP contribution in [0.4, 0.5) is 0 Å². The molecule has 0 bridgehead atoms. The molecule has 110 valence electrons. The van der Waals surface area contributed by atoms with Crippen LogP contribution in [0.25, 0.3) is 0 Å². The highest BCUT2D eigenvalue weighted by molar-refractivity contribution is 5.79. The summed E-state index contributed by atoms with van der Waals surface area (Å²) in [6, 6.07) is 0.292. The first-order valence-electron chi connectivity index (χ1n) is 8.16. The number of nitrogens with zero attached hydrogens (tertiary/aromatic N) is 1. The molecule has 1 aliphatic carbocycles. The number of piperidine rings is 1. The summed E-state index contributed by atoms with van der Waals surface area (Å²) in [6.45, 7) is 6.09. The van der Waals surface area contributed by atoms with Crippen molar-refractivity contribution in [3.63, 3.8) is 0 Å². The first kappa shape index (κ1) is 14.8. The minimum Gasteiger partial charge on any atom is -0.338 e. The molecular formula is C16H30N2O. The number of carbonyl (C=O) groups excluding carboxylic acids is 1. The fraction of sp³-hybridized carbons (Fsp3) is 0.938. The SMILES string of the molecule is CCC1CCC(C(=O)N2CCC(C)CC2CN)CC1. The van der Waals surface area contributed by atoms with E-state index in [-0.39, 0.29) is 5.92 Å². The highest BCUT2D eigenvalue weighted by Gasteiger charge is 2.34. The van der Waals surface area contributed by atoms with Crippen molar-refractivity contribution in [2.75, 3.05) is 13.1 Å². The molecule has 0 aromatic rings. The van der Waals surface area contributed by atoms with Crippen molar-refractivity contribution in [1.82, 2.24) is 4.90 Å². The minimum absolute atomic E-state index is 0.283. The molecule has 1 saturated heterocycles. The molecule has 19 heavy (non-hydrogen) atoms. The molecule has 0 spiro atoms. The largest absolute Gasteiger partial charge is 0.338 e. The van der Waals surface area contributed by atoms with Crippen LogP contribution in [0.15, 0.2) is 0 Å². The average molecular weight is 266 g/mol. The summed E-state index contributed by atoms with van der Waals surface area (Å²) in [6.07, 6.45) is 8.18. The molecule has 2 atom stereocenters. The molecule has 2 unspecified atom stereocenters. The van der Waals surface area contributed by atoms with Gasteiger partial charge in [0.15, 0.2) is 0 Å². The summed E-state index contributed by atoms with van der Waals surface area (Å²) < 4.78 is 0. The number of amides is 1. The van der Waals surface area contributed by atoms with Crippen molar-refractivity contribution >= 4 is 5.91 Å². The first-order valence-corrected chi connectivity index (χ1v) is 8.16. The Hall–Kier alpha value is -0.570. The van der Waals surface area contributed by atoms with E-state index in [4.69, 9.17) is 5.73 Å². The highest BCUT2D eigenvalue weighted by Crippen LogP contribution is 2.33. The molecule has 1 amide bonds. The topological polar surface area (TPSA) is 46.3 Å². The van der Waals surface area contributed by atoms with E-state index >= 15 is 0 Å². The van der Waals surface area contributed by atoms with E-state index < -0.39 is 0 Å². The van der Waals surface area contributed by atoms with E-state index in [1.54, 1.807) is 0 Å². The fourth-order valence-corrected chi connectivity index (χ4v) is 3.82. The smallest absolute Gasteiger partial charge is 0.225 e. The summed E-state index contributed by atoms with van der Waals surface area (Å²) in [5, 5.41) is 0. The highest BCUT2D eigenvalue weighted by atomic mass is 16.2. The van der Waals surface area contributed by atoms with Crippen LogP contribution < -0.4 is 5.73 Å². The van der Waals surface area contributed by atoms with Crippen molar-refractivity contribution in [2.24, 2.45) is 23.5 Å². The van der Waals surface area contributed by atoms with Crippen LogP contribution in [0.2, 0.25) is 0 Å². The van der Waals surface area contributed by atoms with Gasteiger partial charge in [0.2, 0.25) is 5.91 Å². The Bertz CT molecular complexity index is 297. The number of likely N-dealkylation sites (tertiary alicyclic amines) is 1. The summed E-state index contributed by atoms with van der Waals surface area (Å²) in [7, 11) is 0. The maximum absolute atomic E-state index is 12.7. The lowest BCUT2D eigenvalue weighted by Crippen LogP contribution is -2.51. The summed E-state index contributed by atoms with van der Waals surface area (Å²) in [5.74, 6) is 2.26. The van der Waals surface area contributed by atoms with E-state index in [0.29, 0.717) is 24.4 Å². The number of hydrogen-bond donors (Lipinski definition) is 1. The van der Waals surface area contributed by atoms with Crippen molar-refractivity contribution in [3.8, 4) is 0 Å². The summed E-state index contributed by atoms with van der Waals surface area (Å²) in [5.41, 5.74) is 5.87. The van der Waals surface area contributed by atoms with Crippen LogP contribution in [0, 0.1) is 17.8 Å². The number of rotatable bonds is 3. The molecule has 2 fully saturated rings. The van der Waals surface area contributed by atoms with Gasteiger partial charge in [-0.2, -0.15) is 0 Å². The van der Waals surface area contributed by atoms with Gasteiger partial charge < -0.3 is 10.6 Å². The van der Waals surface area contributed by atoms with Crippen LogP contribution in [-0.4, -0.2) is 29.9 Å². The molecule has 0 aromatic heterocycles. The molecule has 1 aliphatic heterocycles. The zero-order valence-electron chi connectivity index (χ0n) is 12.6. The lowest BCUT2D eigenvalue weighted by Gasteiger charge is -2.41. The van der Waals surface area contributed by atoms with Gasteiger partial charge in [-0.15, -0.1) is 0 Å². The normalized spacial score (nSPS) is 36.3. The predicted molar refractivity (Wildman–Crippen MR) is 78.7 cm³/mol. The molecule has 2 aliphatic rings. The maximum atomic E-state index is 12.7. The van der Waals surface area contributed by atoms with Gasteiger partial charge in [-0.05, 0) is 50.4 Å². The van der Waals surface area contributed by atoms with Gasteiger partial charge in [0.1, 0.15) is 0 Å². The lowest BCUT2D eigenvalue weighted by molar-refractivity contribution is -0.141. The van der Waals surface area contributed by atoms with E-state index in [1.165, 1.54) is 19.3 Å². The van der Waals surface area contributed by atoms with Crippen LogP contribution in [-0.2, 0) is 4.79 Å². The van der Waals surface area contributed by atoms with Gasteiger partial charge in [0.05, 0.1) is 0 Å². The van der Waals surface area contributed by atoms with Crippen LogP contribution in [0.3, 0.4) is 0 Å². The molecule has 0 radical (unpaired) electrons. The van der Waals surface area contributed by atoms with Gasteiger partial charge in [-0.1, -0.05) is 20.3 Å². The number of nitrogens with two attached hydrogens (primary N) is 1. The van der Waals surface area contributed by atoms with Crippen molar-refractivity contribution in [2.45, 2.75) is 64.8 Å². The second kappa shape index (κ2) is 6.74. The maximum Gasteiger partial charge on any atom is 0.225 e. The molecule has 3 nitrogen and oxygen atoms in total. The second-order valence-electron chi connectivity index (χ2n) is 6.68. The fourth-order valence-electron chi connectivity index (χ4n) is 3.82. The predicted octanol–water partition coefficient (Wildman–Crippen LogP) is 2.79. The minimum atomic E-state index is 0.283. The van der Waals surface area contributed by atoms with E-state index in [1.807, 2.05) is 0 Å². The third kappa shape index (κ3) is 3.50. The van der Waals surface area contributed by atoms with E-state index in [2.05, 4.69) is 18.7 Å². The second-order valence-corrected chi connectivity index (χ2v) is 6.68. The van der Waals surface area contributed by atoms with Crippen molar-refractivity contribution in [1.29, 1.82) is 0 Å². The molecule has 1 heterocycles. The standard InChI is InChI=1S/C16H30N2O/c1-3-13-4-6-14(7-5-13)16(19)18-9-8-12(2)10-15(18)11-17/h12-15H,3-11,17H2,1-2H3. The molecule has 2 rings (SSSR count). The Labute approximate surface area is 117 Å². The third-order valence-corrected chi connectivity index (χ3v) is 5.31. The van der Waals surface area contributed by atoms with Gasteiger partial charge in [0, 0.05) is 25.0 Å². The van der Waals surface area contributed by atoms with E-state index in [0.717, 1.165) is 38.1 Å². The Morgan fingerprint density at radius 3 is 2.47 bits per heavy atom. The zero-order chi connectivity index (χ0) is 13.8. The number of hydrogen-bond acceptors (Lipinski definition) is 2. The van der Waals surface area contributed by atoms with Crippen molar-refractivity contribution < 1.29 is 4.79 Å². The molecule has 2 N–H and O–H groups in total. The van der Waals surface area contributed by atoms with Gasteiger partial charge in [-0.3, -0.25) is 4.79 Å². The third-order valence-electron chi connectivity index (χ3n) is 5.31. The first-order chi connectivity index (χ1) is 9.15. The Morgan fingerprint density at radius 1 is 1.21 bits per heavy atom. The van der Waals surface area contributed by atoms with Crippen molar-refractivity contribution in [3.05, 3.63) is 0 Å². The Balaban J connectivity index is 1.91. The van der Waals surface area contributed by atoms with Gasteiger partial charge >= 0.3 is 0 Å². The van der Waals surface area contributed by atoms with Gasteiger partial charge in [0.25, 0.3) is 0 Å². The zero-order valence-corrected chi connectivity index (χ0v) is 12.6. The van der Waals surface area contributed by atoms with E-state index in [9.17, 15) is 4.79 Å². The molecule has 0 aromatic carbocycles. The van der Waals surface area contributed by atoms with Crippen LogP contribution >= 0.6 is 0 Å². The molecule has 1 saturated carbocycles. The molecule has 3 heteroatoms. The number of carbonyl (C=O) groups is 1. The van der Waals surface area contributed by atoms with Gasteiger partial charge in [-0.25, -0.2) is 0 Å². The van der Waals surface area contributed by atoms with Crippen LogP contribution in [0.5, 0.6) is 0 Å². The Morgan fingerprint density at radius 2 is 1.89 bits per heavy atom. The summed E-state index contributed by atoms with van der Waals surface area (Å²) in [4.78, 5) is 14.8. The van der Waals surface area contributed by atoms with Crippen LogP contribution in [0.1, 0.15) is 58.8 Å². The lowest BCUT2D eigenvalue weighted by atomic mass is 9.79. The summed E-state index contributed by atoms with van der Waals surface area (Å²) >= 11 is 0. The molecular weight excluding hydrogens is 236 g/mol. The monoisotopic (exact) mass is 266 g/mol. The average Bonchev–Trinajstić information content (AvgIpc) is 2.46. The Kier molecular flexibility index (Phi) is 5.26. The quantitative estimate of drug-likeness (QED) is 0.854.